The topological polar surface area (TPSA) is 80.9 Å². The van der Waals surface area contributed by atoms with Gasteiger partial charge in [-0.25, -0.2) is 4.98 Å². The van der Waals surface area contributed by atoms with E-state index in [0.29, 0.717) is 17.9 Å². The van der Waals surface area contributed by atoms with Crippen molar-refractivity contribution < 1.29 is 4.79 Å². The van der Waals surface area contributed by atoms with Crippen LogP contribution in [-0.2, 0) is 17.8 Å². The Bertz CT molecular complexity index is 853. The standard InChI is InChI=1S/C17H18N4OS/c1-10-11(2)23-16(20-10)9-19-15(22)8-13-7-6-12-4-3-5-14(18)17(12)21-13/h3-7H,8-9,18H2,1-2H3,(H,19,22). The van der Waals surface area contributed by atoms with Gasteiger partial charge in [-0.3, -0.25) is 9.78 Å². The summed E-state index contributed by atoms with van der Waals surface area (Å²) in [6, 6.07) is 9.46. The number of hydrogen-bond donors (Lipinski definition) is 2. The highest BCUT2D eigenvalue weighted by Crippen LogP contribution is 2.19. The van der Waals surface area contributed by atoms with Gasteiger partial charge in [0.15, 0.2) is 0 Å². The Hall–Kier alpha value is -2.47. The molecule has 3 aromatic rings. The molecule has 0 saturated carbocycles. The second-order valence-corrected chi connectivity index (χ2v) is 6.71. The number of aryl methyl sites for hydroxylation is 2. The molecule has 3 rings (SSSR count). The molecule has 0 aliphatic rings. The van der Waals surface area contributed by atoms with E-state index in [9.17, 15) is 4.79 Å². The maximum atomic E-state index is 12.1. The molecular weight excluding hydrogens is 308 g/mol. The van der Waals surface area contributed by atoms with Crippen LogP contribution < -0.4 is 11.1 Å². The minimum absolute atomic E-state index is 0.0724. The van der Waals surface area contributed by atoms with E-state index in [1.165, 1.54) is 4.88 Å². The average Bonchev–Trinajstić information content (AvgIpc) is 2.85. The first-order valence-corrected chi connectivity index (χ1v) is 8.18. The number of hydrogen-bond acceptors (Lipinski definition) is 5. The van der Waals surface area contributed by atoms with Crippen molar-refractivity contribution in [3.8, 4) is 0 Å². The average molecular weight is 326 g/mol. The van der Waals surface area contributed by atoms with E-state index in [0.717, 1.165) is 21.6 Å². The Morgan fingerprint density at radius 3 is 2.78 bits per heavy atom. The normalized spacial score (nSPS) is 10.9. The Morgan fingerprint density at radius 1 is 1.22 bits per heavy atom. The summed E-state index contributed by atoms with van der Waals surface area (Å²) in [4.78, 5) is 22.2. The van der Waals surface area contributed by atoms with E-state index in [1.54, 1.807) is 11.3 Å². The summed E-state index contributed by atoms with van der Waals surface area (Å²) in [5.74, 6) is -0.0724. The number of pyridine rings is 1. The van der Waals surface area contributed by atoms with Crippen molar-refractivity contribution in [1.29, 1.82) is 0 Å². The van der Waals surface area contributed by atoms with Crippen LogP contribution >= 0.6 is 11.3 Å². The third-order valence-corrected chi connectivity index (χ3v) is 4.73. The third-order valence-electron chi connectivity index (χ3n) is 3.66. The molecular formula is C17H18N4OS. The van der Waals surface area contributed by atoms with Crippen LogP contribution in [-0.4, -0.2) is 15.9 Å². The number of anilines is 1. The smallest absolute Gasteiger partial charge is 0.226 e. The molecule has 0 aliphatic heterocycles. The van der Waals surface area contributed by atoms with Gasteiger partial charge < -0.3 is 11.1 Å². The number of nitrogens with zero attached hydrogens (tertiary/aromatic N) is 2. The number of thiazole rings is 1. The Morgan fingerprint density at radius 2 is 2.04 bits per heavy atom. The lowest BCUT2D eigenvalue weighted by atomic mass is 10.1. The van der Waals surface area contributed by atoms with Gasteiger partial charge in [0.25, 0.3) is 0 Å². The number of para-hydroxylation sites is 1. The lowest BCUT2D eigenvalue weighted by Gasteiger charge is -2.06. The van der Waals surface area contributed by atoms with Crippen molar-refractivity contribution in [1.82, 2.24) is 15.3 Å². The summed E-state index contributed by atoms with van der Waals surface area (Å²) in [6.45, 7) is 4.45. The molecule has 23 heavy (non-hydrogen) atoms. The number of amides is 1. The lowest BCUT2D eigenvalue weighted by molar-refractivity contribution is -0.120. The minimum atomic E-state index is -0.0724. The number of aromatic nitrogens is 2. The molecule has 0 unspecified atom stereocenters. The molecule has 0 saturated heterocycles. The van der Waals surface area contributed by atoms with Crippen LogP contribution in [0.25, 0.3) is 10.9 Å². The van der Waals surface area contributed by atoms with Crippen molar-refractivity contribution in [2.45, 2.75) is 26.8 Å². The van der Waals surface area contributed by atoms with E-state index in [2.05, 4.69) is 15.3 Å². The van der Waals surface area contributed by atoms with E-state index in [1.807, 2.05) is 44.2 Å². The zero-order chi connectivity index (χ0) is 16.4. The summed E-state index contributed by atoms with van der Waals surface area (Å²) in [5.41, 5.74) is 9.03. The lowest BCUT2D eigenvalue weighted by Crippen LogP contribution is -2.24. The summed E-state index contributed by atoms with van der Waals surface area (Å²) in [6.07, 6.45) is 0.230. The number of rotatable bonds is 4. The first-order chi connectivity index (χ1) is 11.0. The van der Waals surface area contributed by atoms with Crippen LogP contribution in [0.4, 0.5) is 5.69 Å². The van der Waals surface area contributed by atoms with E-state index in [4.69, 9.17) is 5.73 Å². The van der Waals surface area contributed by atoms with E-state index in [-0.39, 0.29) is 12.3 Å². The fourth-order valence-corrected chi connectivity index (χ4v) is 3.20. The number of nitrogens with two attached hydrogens (primary N) is 1. The maximum absolute atomic E-state index is 12.1. The Labute approximate surface area is 138 Å². The summed E-state index contributed by atoms with van der Waals surface area (Å²) in [7, 11) is 0. The van der Waals surface area contributed by atoms with E-state index < -0.39 is 0 Å². The first kappa shape index (κ1) is 15.4. The number of benzene rings is 1. The van der Waals surface area contributed by atoms with Crippen LogP contribution in [0, 0.1) is 13.8 Å². The molecule has 1 amide bonds. The number of fused-ring (bicyclic) bond motifs is 1. The molecule has 5 nitrogen and oxygen atoms in total. The zero-order valence-corrected chi connectivity index (χ0v) is 13.9. The molecule has 0 atom stereocenters. The van der Waals surface area contributed by atoms with Gasteiger partial charge in [0.1, 0.15) is 5.01 Å². The van der Waals surface area contributed by atoms with Crippen LogP contribution in [0.15, 0.2) is 30.3 Å². The monoisotopic (exact) mass is 326 g/mol. The van der Waals surface area contributed by atoms with Gasteiger partial charge in [-0.1, -0.05) is 18.2 Å². The van der Waals surface area contributed by atoms with Gasteiger partial charge in [0, 0.05) is 10.3 Å². The molecule has 0 aliphatic carbocycles. The van der Waals surface area contributed by atoms with Crippen LogP contribution in [0.3, 0.4) is 0 Å². The molecule has 6 heteroatoms. The summed E-state index contributed by atoms with van der Waals surface area (Å²) >= 11 is 1.61. The van der Waals surface area contributed by atoms with Gasteiger partial charge in [0.05, 0.1) is 35.6 Å². The van der Waals surface area contributed by atoms with Crippen molar-refractivity contribution >= 4 is 33.8 Å². The number of carbonyl (C=O) groups is 1. The van der Waals surface area contributed by atoms with Gasteiger partial charge in [-0.15, -0.1) is 11.3 Å². The fourth-order valence-electron chi connectivity index (χ4n) is 2.32. The molecule has 1 aromatic carbocycles. The second-order valence-electron chi connectivity index (χ2n) is 5.42. The maximum Gasteiger partial charge on any atom is 0.226 e. The summed E-state index contributed by atoms with van der Waals surface area (Å²) in [5, 5.41) is 4.78. The Balaban J connectivity index is 1.66. The predicted octanol–water partition coefficient (Wildman–Crippen LogP) is 2.75. The van der Waals surface area contributed by atoms with Crippen LogP contribution in [0.2, 0.25) is 0 Å². The predicted molar refractivity (Wildman–Crippen MR) is 93.3 cm³/mol. The van der Waals surface area contributed by atoms with Crippen molar-refractivity contribution in [2.24, 2.45) is 0 Å². The van der Waals surface area contributed by atoms with Gasteiger partial charge in [-0.2, -0.15) is 0 Å². The molecule has 0 bridgehead atoms. The van der Waals surface area contributed by atoms with Crippen molar-refractivity contribution in [3.05, 3.63) is 51.6 Å². The second kappa shape index (κ2) is 6.34. The summed E-state index contributed by atoms with van der Waals surface area (Å²) < 4.78 is 0. The molecule has 0 spiro atoms. The number of nitrogens with one attached hydrogen (secondary N) is 1. The van der Waals surface area contributed by atoms with Gasteiger partial charge in [-0.05, 0) is 26.0 Å². The van der Waals surface area contributed by atoms with Crippen LogP contribution in [0.1, 0.15) is 21.3 Å². The number of nitrogen functional groups attached to an aromatic ring is 1. The van der Waals surface area contributed by atoms with Crippen LogP contribution in [0.5, 0.6) is 0 Å². The third kappa shape index (κ3) is 3.48. The molecule has 3 N–H and O–H groups in total. The highest BCUT2D eigenvalue weighted by Gasteiger charge is 2.09. The molecule has 0 fully saturated rings. The fraction of sp³-hybridized carbons (Fsp3) is 0.235. The largest absolute Gasteiger partial charge is 0.397 e. The minimum Gasteiger partial charge on any atom is -0.397 e. The molecule has 2 aromatic heterocycles. The zero-order valence-electron chi connectivity index (χ0n) is 13.1. The van der Waals surface area contributed by atoms with Crippen molar-refractivity contribution in [3.63, 3.8) is 0 Å². The van der Waals surface area contributed by atoms with Gasteiger partial charge in [0.2, 0.25) is 5.91 Å². The van der Waals surface area contributed by atoms with Crippen molar-refractivity contribution in [2.75, 3.05) is 5.73 Å². The Kier molecular flexibility index (Phi) is 4.25. The first-order valence-electron chi connectivity index (χ1n) is 7.36. The number of carbonyl (C=O) groups excluding carboxylic acids is 1. The quantitative estimate of drug-likeness (QED) is 0.722. The van der Waals surface area contributed by atoms with Gasteiger partial charge >= 0.3 is 0 Å². The molecule has 0 radical (unpaired) electrons. The highest BCUT2D eigenvalue weighted by molar-refractivity contribution is 7.11. The SMILES string of the molecule is Cc1nc(CNC(=O)Cc2ccc3cccc(N)c3n2)sc1C. The molecule has 2 heterocycles. The molecule has 118 valence electrons. The highest BCUT2D eigenvalue weighted by atomic mass is 32.1. The van der Waals surface area contributed by atoms with E-state index >= 15 is 0 Å².